The Balaban J connectivity index is 1.88. The summed E-state index contributed by atoms with van der Waals surface area (Å²) >= 11 is 0. The number of hydrogen-bond donors (Lipinski definition) is 1. The van der Waals surface area contributed by atoms with Crippen molar-refractivity contribution in [3.05, 3.63) is 24.3 Å². The molecule has 1 aromatic carbocycles. The third-order valence-corrected chi connectivity index (χ3v) is 4.73. The van der Waals surface area contributed by atoms with E-state index in [1.165, 1.54) is 24.9 Å². The van der Waals surface area contributed by atoms with Gasteiger partial charge in [0.1, 0.15) is 0 Å². The van der Waals surface area contributed by atoms with E-state index in [0.717, 1.165) is 25.3 Å². The van der Waals surface area contributed by atoms with Gasteiger partial charge in [-0.3, -0.25) is 4.79 Å². The minimum absolute atomic E-state index is 0.0695. The maximum atomic E-state index is 11.9. The van der Waals surface area contributed by atoms with Crippen LogP contribution in [0.25, 0.3) is 0 Å². The lowest BCUT2D eigenvalue weighted by atomic mass is 10.1. The molecule has 1 fully saturated rings. The van der Waals surface area contributed by atoms with E-state index in [9.17, 15) is 4.79 Å². The van der Waals surface area contributed by atoms with Gasteiger partial charge in [0.15, 0.2) is 0 Å². The molecule has 5 nitrogen and oxygen atoms in total. The molecule has 1 amide bonds. The average molecular weight is 332 g/mol. The summed E-state index contributed by atoms with van der Waals surface area (Å²) < 4.78 is 0. The molecule has 1 aliphatic rings. The van der Waals surface area contributed by atoms with Crippen LogP contribution in [0.3, 0.4) is 0 Å². The minimum Gasteiger partial charge on any atom is -0.371 e. The van der Waals surface area contributed by atoms with Crippen molar-refractivity contribution >= 4 is 17.3 Å². The van der Waals surface area contributed by atoms with Crippen LogP contribution in [0, 0.1) is 0 Å². The number of amides is 1. The zero-order chi connectivity index (χ0) is 17.5. The lowest BCUT2D eigenvalue weighted by Gasteiger charge is -2.25. The highest BCUT2D eigenvalue weighted by molar-refractivity contribution is 5.91. The molecule has 1 aliphatic heterocycles. The van der Waals surface area contributed by atoms with Crippen LogP contribution in [0.4, 0.5) is 11.4 Å². The number of nitrogens with one attached hydrogen (secondary N) is 1. The van der Waals surface area contributed by atoms with Gasteiger partial charge in [0.05, 0.1) is 0 Å². The van der Waals surface area contributed by atoms with Crippen molar-refractivity contribution in [1.29, 1.82) is 0 Å². The monoisotopic (exact) mass is 332 g/mol. The van der Waals surface area contributed by atoms with E-state index >= 15 is 0 Å². The van der Waals surface area contributed by atoms with Gasteiger partial charge < -0.3 is 20.0 Å². The molecule has 134 valence electrons. The van der Waals surface area contributed by atoms with E-state index < -0.39 is 0 Å². The summed E-state index contributed by atoms with van der Waals surface area (Å²) in [5.41, 5.74) is 2.13. The standard InChI is InChI=1S/C19H32N4O/c1-21(2)14-12-19(24)20-16-7-9-18(10-8-16)23-13-5-6-17(11-15-23)22(3)4/h7-10,17H,5-6,11-15H2,1-4H3,(H,20,24). The van der Waals surface area contributed by atoms with E-state index in [2.05, 4.69) is 41.3 Å². The van der Waals surface area contributed by atoms with Crippen molar-refractivity contribution in [3.8, 4) is 0 Å². The molecule has 24 heavy (non-hydrogen) atoms. The average Bonchev–Trinajstić information content (AvgIpc) is 2.80. The third kappa shape index (κ3) is 5.80. The van der Waals surface area contributed by atoms with Crippen LogP contribution in [-0.2, 0) is 4.79 Å². The molecule has 0 spiro atoms. The Labute approximate surface area is 146 Å². The minimum atomic E-state index is 0.0695. The second kappa shape index (κ2) is 9.04. The van der Waals surface area contributed by atoms with Gasteiger partial charge in [0, 0.05) is 43.5 Å². The van der Waals surface area contributed by atoms with Gasteiger partial charge in [-0.05, 0) is 71.7 Å². The summed E-state index contributed by atoms with van der Waals surface area (Å²) in [6.45, 7) is 2.97. The van der Waals surface area contributed by atoms with E-state index in [-0.39, 0.29) is 5.91 Å². The first-order valence-corrected chi connectivity index (χ1v) is 8.91. The van der Waals surface area contributed by atoms with E-state index in [1.807, 2.05) is 31.1 Å². The van der Waals surface area contributed by atoms with Gasteiger partial charge in [-0.15, -0.1) is 0 Å². The Hall–Kier alpha value is -1.59. The molecule has 0 saturated carbocycles. The molecule has 1 unspecified atom stereocenters. The summed E-state index contributed by atoms with van der Waals surface area (Å²) in [7, 11) is 8.30. The highest BCUT2D eigenvalue weighted by Crippen LogP contribution is 2.23. The van der Waals surface area contributed by atoms with Gasteiger partial charge in [-0.1, -0.05) is 0 Å². The van der Waals surface area contributed by atoms with E-state index in [0.29, 0.717) is 12.5 Å². The van der Waals surface area contributed by atoms with Gasteiger partial charge in [0.25, 0.3) is 0 Å². The van der Waals surface area contributed by atoms with Crippen molar-refractivity contribution in [2.75, 3.05) is 58.0 Å². The van der Waals surface area contributed by atoms with Gasteiger partial charge >= 0.3 is 0 Å². The van der Waals surface area contributed by atoms with E-state index in [1.54, 1.807) is 0 Å². The van der Waals surface area contributed by atoms with Crippen LogP contribution in [0.2, 0.25) is 0 Å². The molecule has 1 N–H and O–H groups in total. The molecule has 0 aromatic heterocycles. The summed E-state index contributed by atoms with van der Waals surface area (Å²) in [6, 6.07) is 8.95. The largest absolute Gasteiger partial charge is 0.371 e. The van der Waals surface area contributed by atoms with Crippen LogP contribution < -0.4 is 10.2 Å². The number of carbonyl (C=O) groups excluding carboxylic acids is 1. The molecule has 0 radical (unpaired) electrons. The fourth-order valence-corrected chi connectivity index (χ4v) is 3.16. The number of hydrogen-bond acceptors (Lipinski definition) is 4. The summed E-state index contributed by atoms with van der Waals surface area (Å²) in [6.07, 6.45) is 4.22. The van der Waals surface area contributed by atoms with Crippen molar-refractivity contribution in [1.82, 2.24) is 9.80 Å². The third-order valence-electron chi connectivity index (χ3n) is 4.73. The Morgan fingerprint density at radius 1 is 1.12 bits per heavy atom. The number of nitrogens with zero attached hydrogens (tertiary/aromatic N) is 3. The molecule has 0 aliphatic carbocycles. The van der Waals surface area contributed by atoms with Gasteiger partial charge in [-0.2, -0.15) is 0 Å². The molecule has 1 aromatic rings. The topological polar surface area (TPSA) is 38.8 Å². The number of anilines is 2. The van der Waals surface area contributed by atoms with Gasteiger partial charge in [0.2, 0.25) is 5.91 Å². The van der Waals surface area contributed by atoms with Gasteiger partial charge in [-0.25, -0.2) is 0 Å². The Morgan fingerprint density at radius 3 is 2.46 bits per heavy atom. The molecule has 1 heterocycles. The van der Waals surface area contributed by atoms with Crippen LogP contribution >= 0.6 is 0 Å². The van der Waals surface area contributed by atoms with Crippen molar-refractivity contribution in [2.24, 2.45) is 0 Å². The van der Waals surface area contributed by atoms with Crippen LogP contribution in [0.15, 0.2) is 24.3 Å². The molecular formula is C19H32N4O. The van der Waals surface area contributed by atoms with Crippen LogP contribution in [0.1, 0.15) is 25.7 Å². The summed E-state index contributed by atoms with van der Waals surface area (Å²) in [4.78, 5) is 18.7. The molecule has 1 atom stereocenters. The first-order valence-electron chi connectivity index (χ1n) is 8.91. The first kappa shape index (κ1) is 18.7. The fourth-order valence-electron chi connectivity index (χ4n) is 3.16. The number of benzene rings is 1. The molecular weight excluding hydrogens is 300 g/mol. The predicted octanol–water partition coefficient (Wildman–Crippen LogP) is 2.50. The zero-order valence-corrected chi connectivity index (χ0v) is 15.6. The zero-order valence-electron chi connectivity index (χ0n) is 15.6. The Morgan fingerprint density at radius 2 is 1.83 bits per heavy atom. The molecule has 1 saturated heterocycles. The molecule has 2 rings (SSSR count). The molecule has 0 bridgehead atoms. The maximum absolute atomic E-state index is 11.9. The van der Waals surface area contributed by atoms with Crippen LogP contribution in [0.5, 0.6) is 0 Å². The Bertz CT molecular complexity index is 513. The van der Waals surface area contributed by atoms with Crippen molar-refractivity contribution in [2.45, 2.75) is 31.7 Å². The maximum Gasteiger partial charge on any atom is 0.225 e. The first-order chi connectivity index (χ1) is 11.5. The van der Waals surface area contributed by atoms with Crippen LogP contribution in [-0.4, -0.2) is 69.6 Å². The smallest absolute Gasteiger partial charge is 0.225 e. The highest BCUT2D eigenvalue weighted by atomic mass is 16.1. The highest BCUT2D eigenvalue weighted by Gasteiger charge is 2.18. The van der Waals surface area contributed by atoms with E-state index in [4.69, 9.17) is 0 Å². The SMILES string of the molecule is CN(C)CCC(=O)Nc1ccc(N2CCCC(N(C)C)CC2)cc1. The lowest BCUT2D eigenvalue weighted by molar-refractivity contribution is -0.116. The Kier molecular flexibility index (Phi) is 7.06. The summed E-state index contributed by atoms with van der Waals surface area (Å²) in [5, 5.41) is 2.97. The fraction of sp³-hybridized carbons (Fsp3) is 0.632. The second-order valence-corrected chi connectivity index (χ2v) is 7.18. The molecule has 5 heteroatoms. The predicted molar refractivity (Wildman–Crippen MR) is 102 cm³/mol. The van der Waals surface area contributed by atoms with Crippen molar-refractivity contribution in [3.63, 3.8) is 0 Å². The summed E-state index contributed by atoms with van der Waals surface area (Å²) in [5.74, 6) is 0.0695. The quantitative estimate of drug-likeness (QED) is 0.869. The second-order valence-electron chi connectivity index (χ2n) is 7.18. The normalized spacial score (nSPS) is 18.8. The number of carbonyl (C=O) groups is 1. The number of rotatable bonds is 6. The van der Waals surface area contributed by atoms with Crippen molar-refractivity contribution < 1.29 is 4.79 Å². The lowest BCUT2D eigenvalue weighted by Crippen LogP contribution is -2.30.